The lowest BCUT2D eigenvalue weighted by molar-refractivity contribution is -0.144. The van der Waals surface area contributed by atoms with Crippen LogP contribution in [-0.4, -0.2) is 113 Å². The maximum absolute atomic E-state index is 13.6. The molecule has 10 unspecified atom stereocenters. The van der Waals surface area contributed by atoms with Crippen molar-refractivity contribution in [2.75, 3.05) is 52.7 Å². The molecule has 8 rings (SSSR count). The maximum atomic E-state index is 13.6. The topological polar surface area (TPSA) is 166 Å². The van der Waals surface area contributed by atoms with E-state index in [9.17, 15) is 19.2 Å². The summed E-state index contributed by atoms with van der Waals surface area (Å²) in [7, 11) is 0. The van der Waals surface area contributed by atoms with Crippen LogP contribution < -0.4 is 10.6 Å². The first-order chi connectivity index (χ1) is 42.9. The smallest absolute Gasteiger partial charge is 0.407 e. The highest BCUT2D eigenvalue weighted by Crippen LogP contribution is 2.54. The summed E-state index contributed by atoms with van der Waals surface area (Å²) < 4.78 is 51.6. The van der Waals surface area contributed by atoms with Gasteiger partial charge in [0.05, 0.1) is 63.9 Å². The Morgan fingerprint density at radius 1 is 0.404 bits per heavy atom. The minimum Gasteiger partial charge on any atom is -0.460 e. The van der Waals surface area contributed by atoms with Crippen LogP contribution in [0.15, 0.2) is 24.3 Å². The van der Waals surface area contributed by atoms with Gasteiger partial charge in [-0.25, -0.2) is 19.2 Å². The van der Waals surface area contributed by atoms with E-state index < -0.39 is 36.3 Å². The maximum Gasteiger partial charge on any atom is 0.407 e. The third-order valence-corrected chi connectivity index (χ3v) is 24.2. The zero-order valence-corrected chi connectivity index (χ0v) is 57.2. The van der Waals surface area contributed by atoms with E-state index in [1.54, 1.807) is 13.8 Å². The molecule has 0 aliphatic heterocycles. The van der Waals surface area contributed by atoms with Gasteiger partial charge in [-0.3, -0.25) is 0 Å². The molecule has 0 spiro atoms. The highest BCUT2D eigenvalue weighted by Gasteiger charge is 2.49. The summed E-state index contributed by atoms with van der Waals surface area (Å²) in [6.07, 6.45) is 36.0. The molecule has 2 N–H and O–H groups in total. The summed E-state index contributed by atoms with van der Waals surface area (Å²) in [5.74, 6) is 6.21. The van der Waals surface area contributed by atoms with E-state index >= 15 is 0 Å². The fourth-order valence-corrected chi connectivity index (χ4v) is 19.4. The number of carbonyl (C=O) groups is 4. The molecule has 0 aromatic heterocycles. The van der Waals surface area contributed by atoms with Gasteiger partial charge in [0.25, 0.3) is 0 Å². The summed E-state index contributed by atoms with van der Waals surface area (Å²) in [5, 5.41) is 5.65. The number of hydrogen-bond acceptors (Lipinski definition) is 12. The fourth-order valence-electron chi connectivity index (χ4n) is 19.4. The van der Waals surface area contributed by atoms with E-state index in [1.807, 2.05) is 0 Å². The van der Waals surface area contributed by atoms with Crippen molar-refractivity contribution in [2.24, 2.45) is 88.3 Å². The fraction of sp³-hybridized carbons (Fsp3) is 0.893. The normalized spacial score (nSPS) is 33.0. The van der Waals surface area contributed by atoms with Crippen molar-refractivity contribution < 1.29 is 57.1 Å². The van der Waals surface area contributed by atoms with Gasteiger partial charge >= 0.3 is 24.1 Å². The van der Waals surface area contributed by atoms with Crippen molar-refractivity contribution in [1.29, 1.82) is 0 Å². The standard InChI is InChI=1S/C75H126N2O12/c1-49(2)71(78)82-39-37-76-73(80)88-61(47-86-69-63(55-25-15-11-16-26-55)33-23-34-64(69)56-27-17-12-18-28-56)45-84-67-51(5)41-59(42-52(67)6)75(9,10)60-43-53(7)68(54(8)44-60)85-46-62(89-74(81)77-38-40-83-72(79)50(3)4)48-87-70-65(57-29-19-13-20-30-57)35-24-36-66(70)58-31-21-14-22-32-58/h51-70H,1,3,11-48H2,2,4-10H3,(H,76,80)(H,77,81). The van der Waals surface area contributed by atoms with E-state index in [0.29, 0.717) is 107 Å². The molecule has 0 radical (unpaired) electrons. The van der Waals surface area contributed by atoms with Gasteiger partial charge in [0.2, 0.25) is 0 Å². The van der Waals surface area contributed by atoms with Crippen molar-refractivity contribution in [3.8, 4) is 0 Å². The van der Waals surface area contributed by atoms with E-state index in [1.165, 1.54) is 167 Å². The van der Waals surface area contributed by atoms with E-state index in [4.69, 9.17) is 37.9 Å². The van der Waals surface area contributed by atoms with Crippen LogP contribution in [0.25, 0.3) is 0 Å². The zero-order chi connectivity index (χ0) is 63.5. The molecule has 0 aromatic carbocycles. The zero-order valence-electron chi connectivity index (χ0n) is 57.2. The summed E-state index contributed by atoms with van der Waals surface area (Å²) in [6, 6.07) is 0. The lowest BCUT2D eigenvalue weighted by atomic mass is 9.55. The van der Waals surface area contributed by atoms with Crippen molar-refractivity contribution >= 4 is 24.1 Å². The van der Waals surface area contributed by atoms with Crippen LogP contribution in [0.1, 0.15) is 248 Å². The van der Waals surface area contributed by atoms with Gasteiger partial charge in [0, 0.05) is 11.1 Å². The predicted octanol–water partition coefficient (Wildman–Crippen LogP) is 16.5. The summed E-state index contributed by atoms with van der Waals surface area (Å²) in [6.45, 7) is 26.5. The molecule has 0 heterocycles. The van der Waals surface area contributed by atoms with Crippen LogP contribution in [0.4, 0.5) is 9.59 Å². The van der Waals surface area contributed by atoms with Crippen LogP contribution in [0.5, 0.6) is 0 Å². The molecule has 8 fully saturated rings. The molecular formula is C75H126N2O12. The summed E-state index contributed by atoms with van der Waals surface area (Å²) >= 11 is 0. The highest BCUT2D eigenvalue weighted by atomic mass is 16.6. The third kappa shape index (κ3) is 20.9. The molecule has 10 atom stereocenters. The number of ether oxygens (including phenoxy) is 8. The predicted molar refractivity (Wildman–Crippen MR) is 351 cm³/mol. The monoisotopic (exact) mass is 1250 g/mol. The molecule has 508 valence electrons. The first kappa shape index (κ1) is 71.6. The average molecular weight is 1250 g/mol. The Morgan fingerprint density at radius 3 is 0.944 bits per heavy atom. The van der Waals surface area contributed by atoms with Gasteiger partial charge in [-0.1, -0.05) is 196 Å². The Balaban J connectivity index is 0.886. The summed E-state index contributed by atoms with van der Waals surface area (Å²) in [4.78, 5) is 51.3. The third-order valence-electron chi connectivity index (χ3n) is 24.2. The van der Waals surface area contributed by atoms with Crippen LogP contribution in [0.2, 0.25) is 0 Å². The second-order valence-electron chi connectivity index (χ2n) is 31.1. The second-order valence-corrected chi connectivity index (χ2v) is 31.1. The van der Waals surface area contributed by atoms with Crippen molar-refractivity contribution in [3.05, 3.63) is 24.3 Å². The molecule has 2 amide bonds. The molecule has 8 saturated carbocycles. The number of carbonyl (C=O) groups excluding carboxylic acids is 4. The first-order valence-corrected chi connectivity index (χ1v) is 36.9. The number of rotatable bonds is 28. The molecule has 8 aliphatic carbocycles. The molecular weight excluding hydrogens is 1120 g/mol. The Kier molecular flexibility index (Phi) is 28.9. The molecule has 0 aromatic rings. The van der Waals surface area contributed by atoms with Crippen LogP contribution in [0, 0.1) is 88.3 Å². The van der Waals surface area contributed by atoms with Gasteiger partial charge < -0.3 is 48.5 Å². The van der Waals surface area contributed by atoms with Gasteiger partial charge in [-0.05, 0) is 153 Å². The molecule has 14 nitrogen and oxygen atoms in total. The average Bonchev–Trinajstić information content (AvgIpc) is 2.56. The minimum absolute atomic E-state index is 0.00842. The van der Waals surface area contributed by atoms with Gasteiger partial charge in [-0.15, -0.1) is 0 Å². The molecule has 8 aliphatic rings. The second kappa shape index (κ2) is 35.9. The Morgan fingerprint density at radius 2 is 0.674 bits per heavy atom. The number of esters is 2. The van der Waals surface area contributed by atoms with E-state index in [0.717, 1.165) is 25.7 Å². The van der Waals surface area contributed by atoms with E-state index in [-0.39, 0.29) is 69.3 Å². The largest absolute Gasteiger partial charge is 0.460 e. The minimum atomic E-state index is -0.589. The van der Waals surface area contributed by atoms with Crippen LogP contribution >= 0.6 is 0 Å². The number of amides is 2. The molecule has 0 bridgehead atoms. The Hall–Kier alpha value is -3.20. The highest BCUT2D eigenvalue weighted by molar-refractivity contribution is 5.87. The van der Waals surface area contributed by atoms with Crippen LogP contribution in [0.3, 0.4) is 0 Å². The molecule has 14 heteroatoms. The van der Waals surface area contributed by atoms with E-state index in [2.05, 4.69) is 65.3 Å². The summed E-state index contributed by atoms with van der Waals surface area (Å²) in [5.41, 5.74) is 0.706. The SMILES string of the molecule is C=C(C)C(=O)OCCNC(=O)OC(COC1C(C)CC(C(C)(C)C2CC(C)C(OCC(COC3C(C4CCCCC4)CCCC3C3CCCCC3)OC(=O)NCCOC(=O)C(=C)C)C(C)C2)CC1C)COC1C(C2CCCCC2)CCCC1C1CCCCC1. The lowest BCUT2D eigenvalue weighted by Crippen LogP contribution is -2.48. The van der Waals surface area contributed by atoms with Crippen molar-refractivity contribution in [3.63, 3.8) is 0 Å². The Labute approximate surface area is 539 Å². The first-order valence-electron chi connectivity index (χ1n) is 36.9. The lowest BCUT2D eigenvalue weighted by Gasteiger charge is -2.52. The quantitative estimate of drug-likeness (QED) is 0.0330. The molecule has 89 heavy (non-hydrogen) atoms. The number of alkyl carbamates (subject to hydrolysis) is 2. The molecule has 0 saturated heterocycles. The van der Waals surface area contributed by atoms with Gasteiger partial charge in [-0.2, -0.15) is 0 Å². The number of hydrogen-bond donors (Lipinski definition) is 2. The Bertz CT molecular complexity index is 1960. The van der Waals surface area contributed by atoms with Crippen molar-refractivity contribution in [2.45, 2.75) is 285 Å². The van der Waals surface area contributed by atoms with Gasteiger partial charge in [0.15, 0.2) is 12.2 Å². The van der Waals surface area contributed by atoms with Gasteiger partial charge in [0.1, 0.15) is 13.2 Å². The van der Waals surface area contributed by atoms with Crippen LogP contribution in [-0.2, 0) is 47.5 Å². The number of nitrogens with one attached hydrogen (secondary N) is 2. The van der Waals surface area contributed by atoms with Crippen molar-refractivity contribution in [1.82, 2.24) is 10.6 Å².